The molecule has 3 rings (SSSR count). The van der Waals surface area contributed by atoms with Crippen LogP contribution in [0.3, 0.4) is 0 Å². The summed E-state index contributed by atoms with van der Waals surface area (Å²) in [5, 5.41) is 14.2. The van der Waals surface area contributed by atoms with Gasteiger partial charge in [0.25, 0.3) is 0 Å². The van der Waals surface area contributed by atoms with Crippen LogP contribution in [0.2, 0.25) is 0 Å². The van der Waals surface area contributed by atoms with Gasteiger partial charge in [0.05, 0.1) is 0 Å². The molecule has 4 amide bonds. The number of unbranched alkanes of at least 4 members (excludes halogenated alkanes) is 6. The van der Waals surface area contributed by atoms with Gasteiger partial charge in [0, 0.05) is 44.1 Å². The van der Waals surface area contributed by atoms with Crippen LogP contribution in [-0.2, 0) is 32.0 Å². The number of urea groups is 1. The average Bonchev–Trinajstić information content (AvgIpc) is 3.11. The number of alkyl halides is 6. The second-order valence-corrected chi connectivity index (χ2v) is 16.9. The SMILES string of the molecule is NC(N)=NCCCCCCN1C(=O)N(CCCCCCN=C(N)N)C(=O)C(Cc2cc(Br)cc(Br)c2)(Cc2cc(Br)cc(Br)c2)C1=O.O=C(O)C(F)(F)F.O=C(O)C(F)(F)F. The van der Waals surface area contributed by atoms with Gasteiger partial charge in [-0.25, -0.2) is 14.4 Å². The van der Waals surface area contributed by atoms with Crippen molar-refractivity contribution < 1.29 is 60.5 Å². The summed E-state index contributed by atoms with van der Waals surface area (Å²) in [6.45, 7) is 1.44. The molecule has 0 aromatic heterocycles. The van der Waals surface area contributed by atoms with E-state index < -0.39 is 47.6 Å². The fraction of sp³-hybridized carbons (Fsp3) is 0.472. The molecule has 1 fully saturated rings. The number of hydrogen-bond donors (Lipinski definition) is 6. The number of carbonyl (C=O) groups is 5. The highest BCUT2D eigenvalue weighted by molar-refractivity contribution is 9.11. The number of benzene rings is 2. The molecule has 0 aliphatic carbocycles. The molecule has 0 atom stereocenters. The first kappa shape index (κ1) is 55.0. The van der Waals surface area contributed by atoms with Gasteiger partial charge < -0.3 is 33.1 Å². The summed E-state index contributed by atoms with van der Waals surface area (Å²) >= 11 is 14.2. The number of halogens is 10. The number of carboxylic acid groups (broad SMARTS) is 2. The van der Waals surface area contributed by atoms with Crippen molar-refractivity contribution >= 4 is 105 Å². The number of guanidine groups is 2. The maximum atomic E-state index is 14.6. The minimum absolute atomic E-state index is 0.0549. The number of carbonyl (C=O) groups excluding carboxylic acids is 3. The largest absolute Gasteiger partial charge is 0.490 e. The third-order valence-corrected chi connectivity index (χ3v) is 10.1. The molecule has 1 aliphatic heterocycles. The van der Waals surface area contributed by atoms with Crippen LogP contribution in [-0.4, -0.2) is 100 Å². The lowest BCUT2D eigenvalue weighted by atomic mass is 9.72. The Labute approximate surface area is 380 Å². The lowest BCUT2D eigenvalue weighted by molar-refractivity contribution is -0.193. The lowest BCUT2D eigenvalue weighted by Gasteiger charge is -2.44. The van der Waals surface area contributed by atoms with Crippen LogP contribution in [0.4, 0.5) is 31.1 Å². The summed E-state index contributed by atoms with van der Waals surface area (Å²) < 4.78 is 66.7. The third-order valence-electron chi connectivity index (χ3n) is 8.28. The van der Waals surface area contributed by atoms with Crippen LogP contribution in [0.25, 0.3) is 0 Å². The van der Waals surface area contributed by atoms with E-state index in [1.165, 1.54) is 9.80 Å². The van der Waals surface area contributed by atoms with Gasteiger partial charge in [-0.15, -0.1) is 0 Å². The Morgan fingerprint density at radius 1 is 0.557 bits per heavy atom. The number of nitrogens with two attached hydrogens (primary N) is 4. The summed E-state index contributed by atoms with van der Waals surface area (Å²) in [7, 11) is 0. The Bertz CT molecular complexity index is 1720. The van der Waals surface area contributed by atoms with E-state index >= 15 is 0 Å². The quantitative estimate of drug-likeness (QED) is 0.0285. The average molecular weight is 1130 g/mol. The van der Waals surface area contributed by atoms with Crippen molar-refractivity contribution in [2.75, 3.05) is 26.2 Å². The van der Waals surface area contributed by atoms with Crippen molar-refractivity contribution in [2.45, 2.75) is 76.6 Å². The molecule has 1 saturated heterocycles. The highest BCUT2D eigenvalue weighted by Gasteiger charge is 2.57. The van der Waals surface area contributed by atoms with Crippen LogP contribution in [0, 0.1) is 5.41 Å². The minimum atomic E-state index is -5.08. The zero-order valence-electron chi connectivity index (χ0n) is 32.2. The van der Waals surface area contributed by atoms with E-state index in [9.17, 15) is 40.7 Å². The first-order valence-corrected chi connectivity index (χ1v) is 21.2. The van der Waals surface area contributed by atoms with Crippen molar-refractivity contribution in [3.63, 3.8) is 0 Å². The molecule has 0 unspecified atom stereocenters. The second-order valence-electron chi connectivity index (χ2n) is 13.2. The zero-order valence-corrected chi connectivity index (χ0v) is 38.5. The van der Waals surface area contributed by atoms with E-state index in [1.807, 2.05) is 36.4 Å². The molecule has 1 aliphatic rings. The van der Waals surface area contributed by atoms with E-state index in [1.54, 1.807) is 0 Å². The Kier molecular flexibility index (Phi) is 23.3. The normalized spacial score (nSPS) is 13.7. The summed E-state index contributed by atoms with van der Waals surface area (Å²) in [5.74, 6) is -6.36. The number of hydrogen-bond acceptors (Lipinski definition) is 7. The third kappa shape index (κ3) is 20.2. The molecule has 61 heavy (non-hydrogen) atoms. The molecule has 0 saturated carbocycles. The molecule has 0 spiro atoms. The highest BCUT2D eigenvalue weighted by atomic mass is 79.9. The standard InChI is InChI=1S/C32H42Br4N8O3.2C2HF3O2/c33-23-13-21(14-24(34)17-23)19-32(20-22-15-25(35)18-26(36)16-22)27(45)43(11-7-3-1-5-9-41-29(37)38)31(47)44(28(32)46)12-8-4-2-6-10-42-30(39)40;2*3-2(4,5)1(6)7/h13-18H,1-12,19-20H2,(H4,37,38,41)(H4,39,40,42);2*(H,6,7). The Balaban J connectivity index is 0.00000114. The zero-order chi connectivity index (χ0) is 46.7. The molecule has 25 heteroatoms. The van der Waals surface area contributed by atoms with Crippen molar-refractivity contribution in [3.8, 4) is 0 Å². The van der Waals surface area contributed by atoms with Crippen LogP contribution in [0.15, 0.2) is 64.3 Å². The van der Waals surface area contributed by atoms with Gasteiger partial charge >= 0.3 is 30.3 Å². The van der Waals surface area contributed by atoms with Crippen molar-refractivity contribution in [1.29, 1.82) is 0 Å². The van der Waals surface area contributed by atoms with Crippen molar-refractivity contribution in [1.82, 2.24) is 9.80 Å². The van der Waals surface area contributed by atoms with Crippen LogP contribution in [0.1, 0.15) is 62.5 Å². The lowest BCUT2D eigenvalue weighted by Crippen LogP contribution is -2.66. The number of carboxylic acids is 2. The molecule has 2 aromatic carbocycles. The maximum Gasteiger partial charge on any atom is 0.490 e. The summed E-state index contributed by atoms with van der Waals surface area (Å²) in [4.78, 5) is 71.6. The van der Waals surface area contributed by atoms with E-state index in [2.05, 4.69) is 73.7 Å². The van der Waals surface area contributed by atoms with Gasteiger partial charge in [0.1, 0.15) is 5.41 Å². The summed E-state index contributed by atoms with van der Waals surface area (Å²) in [6, 6.07) is 10.8. The minimum Gasteiger partial charge on any atom is -0.475 e. The van der Waals surface area contributed by atoms with Crippen LogP contribution in [0.5, 0.6) is 0 Å². The fourth-order valence-corrected chi connectivity index (χ4v) is 8.47. The Hall–Kier alpha value is -3.97. The van der Waals surface area contributed by atoms with Crippen LogP contribution >= 0.6 is 63.7 Å². The fourth-order valence-electron chi connectivity index (χ4n) is 5.70. The molecule has 340 valence electrons. The number of amides is 4. The van der Waals surface area contributed by atoms with Crippen molar-refractivity contribution in [3.05, 3.63) is 65.4 Å². The van der Waals surface area contributed by atoms with Gasteiger partial charge in [-0.2, -0.15) is 26.3 Å². The number of rotatable bonds is 18. The molecule has 0 radical (unpaired) electrons. The summed E-state index contributed by atoms with van der Waals surface area (Å²) in [5.41, 5.74) is 21.7. The monoisotopic (exact) mass is 1130 g/mol. The van der Waals surface area contributed by atoms with Gasteiger partial charge in [-0.05, 0) is 86.1 Å². The van der Waals surface area contributed by atoms with E-state index in [-0.39, 0.29) is 37.9 Å². The number of nitrogens with zero attached hydrogens (tertiary/aromatic N) is 4. The number of imide groups is 2. The Morgan fingerprint density at radius 2 is 0.836 bits per heavy atom. The molecular formula is C36H44Br4F6N8O7. The van der Waals surface area contributed by atoms with Crippen LogP contribution < -0.4 is 22.9 Å². The highest BCUT2D eigenvalue weighted by Crippen LogP contribution is 2.39. The van der Waals surface area contributed by atoms with Gasteiger partial charge in [-0.1, -0.05) is 89.4 Å². The number of barbiturate groups is 1. The predicted octanol–water partition coefficient (Wildman–Crippen LogP) is 7.23. The van der Waals surface area contributed by atoms with E-state index in [0.717, 1.165) is 67.5 Å². The number of aliphatic imine (C=N–C) groups is 2. The van der Waals surface area contributed by atoms with Gasteiger partial charge in [0.2, 0.25) is 11.8 Å². The maximum absolute atomic E-state index is 14.6. The van der Waals surface area contributed by atoms with E-state index in [0.29, 0.717) is 25.9 Å². The molecular weight excluding hydrogens is 1090 g/mol. The molecule has 10 N–H and O–H groups in total. The van der Waals surface area contributed by atoms with E-state index in [4.69, 9.17) is 42.7 Å². The van der Waals surface area contributed by atoms with Crippen molar-refractivity contribution in [2.24, 2.45) is 38.3 Å². The smallest absolute Gasteiger partial charge is 0.475 e. The number of aliphatic carboxylic acids is 2. The predicted molar refractivity (Wildman–Crippen MR) is 228 cm³/mol. The topological polar surface area (TPSA) is 261 Å². The second kappa shape index (κ2) is 25.8. The molecule has 15 nitrogen and oxygen atoms in total. The first-order valence-electron chi connectivity index (χ1n) is 18.0. The Morgan fingerprint density at radius 3 is 1.10 bits per heavy atom. The summed E-state index contributed by atoms with van der Waals surface area (Å²) in [6.07, 6.45) is -3.98. The van der Waals surface area contributed by atoms with Gasteiger partial charge in [-0.3, -0.25) is 29.4 Å². The first-order chi connectivity index (χ1) is 28.2. The molecule has 0 bridgehead atoms. The van der Waals surface area contributed by atoms with Gasteiger partial charge in [0.15, 0.2) is 11.9 Å². The molecule has 2 aromatic rings. The molecule has 1 heterocycles.